The number of rotatable bonds is 16. The standard InChI is InChI=1S/C29H41F2N3O5S/c1-5-9-32-28(36)22-13-20(4)14-23(18-22)29(37)34(11-6-2)26(17-21-15-24(30)19-25(31)16-21)27(35)8-10-33-40(38,39)12-7-3/h13-16,18-19,26-27,33,35H,5-12,17H2,1-4H3,(H,32,36). The Morgan fingerprint density at radius 3 is 2.17 bits per heavy atom. The van der Waals surface area contributed by atoms with Crippen molar-refractivity contribution in [3.8, 4) is 0 Å². The summed E-state index contributed by atoms with van der Waals surface area (Å²) in [7, 11) is -3.52. The number of carbonyl (C=O) groups is 2. The molecule has 2 amide bonds. The van der Waals surface area contributed by atoms with Crippen molar-refractivity contribution in [1.82, 2.24) is 14.9 Å². The van der Waals surface area contributed by atoms with E-state index in [4.69, 9.17) is 0 Å². The topological polar surface area (TPSA) is 116 Å². The van der Waals surface area contributed by atoms with Crippen LogP contribution in [0.1, 0.15) is 78.3 Å². The molecule has 2 aromatic carbocycles. The molecule has 0 saturated heterocycles. The number of benzene rings is 2. The molecule has 0 radical (unpaired) electrons. The highest BCUT2D eigenvalue weighted by Crippen LogP contribution is 2.21. The summed E-state index contributed by atoms with van der Waals surface area (Å²) in [6, 6.07) is 6.91. The normalized spacial score (nSPS) is 13.1. The van der Waals surface area contributed by atoms with Crippen molar-refractivity contribution in [2.24, 2.45) is 0 Å². The maximum absolute atomic E-state index is 14.0. The van der Waals surface area contributed by atoms with E-state index in [0.717, 1.165) is 24.6 Å². The molecular weight excluding hydrogens is 540 g/mol. The number of halogens is 2. The predicted molar refractivity (Wildman–Crippen MR) is 152 cm³/mol. The van der Waals surface area contributed by atoms with Gasteiger partial charge in [-0.05, 0) is 80.5 Å². The third kappa shape index (κ3) is 10.3. The molecule has 40 heavy (non-hydrogen) atoms. The number of aliphatic hydroxyl groups is 1. The average molecular weight is 582 g/mol. The summed E-state index contributed by atoms with van der Waals surface area (Å²) in [6.07, 6.45) is 0.381. The molecule has 11 heteroatoms. The third-order valence-electron chi connectivity index (χ3n) is 6.29. The quantitative estimate of drug-likeness (QED) is 0.278. The molecule has 222 valence electrons. The molecule has 2 unspecified atom stereocenters. The van der Waals surface area contributed by atoms with E-state index >= 15 is 0 Å². The Labute approximate surface area is 236 Å². The van der Waals surface area contributed by atoms with Crippen LogP contribution < -0.4 is 10.0 Å². The highest BCUT2D eigenvalue weighted by Gasteiger charge is 2.31. The Morgan fingerprint density at radius 1 is 0.925 bits per heavy atom. The summed E-state index contributed by atoms with van der Waals surface area (Å²) in [6.45, 7) is 7.91. The van der Waals surface area contributed by atoms with E-state index in [0.29, 0.717) is 30.5 Å². The molecule has 0 aliphatic heterocycles. The van der Waals surface area contributed by atoms with E-state index in [-0.39, 0.29) is 48.7 Å². The number of amides is 2. The van der Waals surface area contributed by atoms with Gasteiger partial charge in [-0.1, -0.05) is 20.8 Å². The van der Waals surface area contributed by atoms with Gasteiger partial charge >= 0.3 is 0 Å². The molecule has 0 bridgehead atoms. The van der Waals surface area contributed by atoms with Crippen LogP contribution in [0.5, 0.6) is 0 Å². The summed E-state index contributed by atoms with van der Waals surface area (Å²) in [5.74, 6) is -2.40. The lowest BCUT2D eigenvalue weighted by Crippen LogP contribution is -2.49. The van der Waals surface area contributed by atoms with Gasteiger partial charge in [0.1, 0.15) is 11.6 Å². The van der Waals surface area contributed by atoms with E-state index in [9.17, 15) is 31.9 Å². The van der Waals surface area contributed by atoms with Crippen molar-refractivity contribution in [1.29, 1.82) is 0 Å². The molecule has 0 aromatic heterocycles. The van der Waals surface area contributed by atoms with Crippen LogP contribution >= 0.6 is 0 Å². The lowest BCUT2D eigenvalue weighted by atomic mass is 9.95. The zero-order valence-electron chi connectivity index (χ0n) is 23.7. The molecule has 3 N–H and O–H groups in total. The van der Waals surface area contributed by atoms with Crippen LogP contribution in [-0.4, -0.2) is 67.8 Å². The Morgan fingerprint density at radius 2 is 1.57 bits per heavy atom. The molecule has 0 aliphatic rings. The van der Waals surface area contributed by atoms with Gasteiger partial charge in [-0.3, -0.25) is 9.59 Å². The number of nitrogens with one attached hydrogen (secondary N) is 2. The fourth-order valence-electron chi connectivity index (χ4n) is 4.52. The fraction of sp³-hybridized carbons (Fsp3) is 0.517. The Kier molecular flexibility index (Phi) is 13.1. The number of nitrogens with zero attached hydrogens (tertiary/aromatic N) is 1. The van der Waals surface area contributed by atoms with Crippen molar-refractivity contribution in [2.45, 2.75) is 71.9 Å². The number of hydrogen-bond donors (Lipinski definition) is 3. The van der Waals surface area contributed by atoms with E-state index in [2.05, 4.69) is 10.0 Å². The number of aryl methyl sites for hydroxylation is 1. The number of hydrogen-bond acceptors (Lipinski definition) is 5. The van der Waals surface area contributed by atoms with Crippen LogP contribution in [0.25, 0.3) is 0 Å². The Balaban J connectivity index is 2.44. The number of aliphatic hydroxyl groups excluding tert-OH is 1. The van der Waals surface area contributed by atoms with Gasteiger partial charge < -0.3 is 15.3 Å². The van der Waals surface area contributed by atoms with Gasteiger partial charge in [0.25, 0.3) is 11.8 Å². The van der Waals surface area contributed by atoms with Gasteiger partial charge in [-0.15, -0.1) is 0 Å². The van der Waals surface area contributed by atoms with Crippen LogP contribution in [0.3, 0.4) is 0 Å². The monoisotopic (exact) mass is 581 g/mol. The lowest BCUT2D eigenvalue weighted by Gasteiger charge is -2.35. The van der Waals surface area contributed by atoms with Crippen molar-refractivity contribution >= 4 is 21.8 Å². The van der Waals surface area contributed by atoms with Crippen molar-refractivity contribution in [2.75, 3.05) is 25.4 Å². The van der Waals surface area contributed by atoms with Gasteiger partial charge in [0.15, 0.2) is 0 Å². The Hall–Kier alpha value is -2.89. The minimum Gasteiger partial charge on any atom is -0.391 e. The van der Waals surface area contributed by atoms with Gasteiger partial charge in [-0.25, -0.2) is 21.9 Å². The molecule has 2 aromatic rings. The maximum atomic E-state index is 14.0. The first-order chi connectivity index (χ1) is 18.9. The molecule has 2 rings (SSSR count). The fourth-order valence-corrected chi connectivity index (χ4v) is 5.63. The zero-order chi connectivity index (χ0) is 29.9. The number of carbonyl (C=O) groups excluding carboxylic acids is 2. The van der Waals surface area contributed by atoms with E-state index < -0.39 is 39.7 Å². The maximum Gasteiger partial charge on any atom is 0.254 e. The molecule has 8 nitrogen and oxygen atoms in total. The van der Waals surface area contributed by atoms with E-state index in [1.807, 2.05) is 13.8 Å². The molecule has 0 saturated carbocycles. The summed E-state index contributed by atoms with van der Waals surface area (Å²) in [4.78, 5) is 27.9. The first kappa shape index (κ1) is 33.3. The van der Waals surface area contributed by atoms with Gasteiger partial charge in [0.05, 0.1) is 17.9 Å². The predicted octanol–water partition coefficient (Wildman–Crippen LogP) is 3.96. The molecule has 0 spiro atoms. The van der Waals surface area contributed by atoms with Crippen molar-refractivity contribution in [3.05, 3.63) is 70.3 Å². The molecule has 0 heterocycles. The third-order valence-corrected chi connectivity index (χ3v) is 7.88. The van der Waals surface area contributed by atoms with Crippen LogP contribution in [0.15, 0.2) is 36.4 Å². The summed E-state index contributed by atoms with van der Waals surface area (Å²) >= 11 is 0. The van der Waals surface area contributed by atoms with E-state index in [1.54, 1.807) is 26.0 Å². The van der Waals surface area contributed by atoms with Crippen LogP contribution in [0.4, 0.5) is 8.78 Å². The SMILES string of the molecule is CCCNC(=O)c1cc(C)cc(C(=O)N(CCC)C(Cc2cc(F)cc(F)c2)C(O)CCNS(=O)(=O)CCC)c1. The lowest BCUT2D eigenvalue weighted by molar-refractivity contribution is 0.0330. The minimum absolute atomic E-state index is 0.0304. The summed E-state index contributed by atoms with van der Waals surface area (Å²) in [5, 5.41) is 14.0. The van der Waals surface area contributed by atoms with Crippen LogP contribution in [0.2, 0.25) is 0 Å². The molecule has 0 aliphatic carbocycles. The first-order valence-electron chi connectivity index (χ1n) is 13.7. The molecule has 0 fully saturated rings. The summed E-state index contributed by atoms with van der Waals surface area (Å²) in [5.41, 5.74) is 1.49. The minimum atomic E-state index is -3.52. The zero-order valence-corrected chi connectivity index (χ0v) is 24.5. The second-order valence-electron chi connectivity index (χ2n) is 9.96. The number of sulfonamides is 1. The highest BCUT2D eigenvalue weighted by molar-refractivity contribution is 7.89. The Bertz CT molecular complexity index is 1240. The highest BCUT2D eigenvalue weighted by atomic mass is 32.2. The van der Waals surface area contributed by atoms with Gasteiger partial charge in [-0.2, -0.15) is 0 Å². The van der Waals surface area contributed by atoms with Gasteiger partial charge in [0.2, 0.25) is 10.0 Å². The molecule has 2 atom stereocenters. The average Bonchev–Trinajstić information content (AvgIpc) is 2.87. The second kappa shape index (κ2) is 15.8. The van der Waals surface area contributed by atoms with Crippen LogP contribution in [-0.2, 0) is 16.4 Å². The smallest absolute Gasteiger partial charge is 0.254 e. The second-order valence-corrected chi connectivity index (χ2v) is 11.9. The first-order valence-corrected chi connectivity index (χ1v) is 15.4. The molecular formula is C29H41F2N3O5S. The van der Waals surface area contributed by atoms with Gasteiger partial charge in [0, 0.05) is 36.8 Å². The van der Waals surface area contributed by atoms with Crippen molar-refractivity contribution in [3.63, 3.8) is 0 Å². The van der Waals surface area contributed by atoms with Crippen molar-refractivity contribution < 1.29 is 31.9 Å². The van der Waals surface area contributed by atoms with E-state index in [1.165, 1.54) is 11.0 Å². The largest absolute Gasteiger partial charge is 0.391 e. The summed E-state index contributed by atoms with van der Waals surface area (Å²) < 4.78 is 54.7. The van der Waals surface area contributed by atoms with Crippen LogP contribution in [0, 0.1) is 18.6 Å².